The molecule has 0 saturated carbocycles. The highest BCUT2D eigenvalue weighted by Gasteiger charge is 2.17. The van der Waals surface area contributed by atoms with Crippen LogP contribution in [0.4, 0.5) is 0 Å². The number of hydrogen-bond acceptors (Lipinski definition) is 4. The molecule has 0 bridgehead atoms. The number of furan rings is 1. The summed E-state index contributed by atoms with van der Waals surface area (Å²) >= 11 is 4.94. The van der Waals surface area contributed by atoms with Crippen molar-refractivity contribution in [2.75, 3.05) is 0 Å². The number of thiazole rings is 1. The number of para-hydroxylation sites is 1. The first-order valence-corrected chi connectivity index (χ1v) is 7.10. The molecule has 0 fully saturated rings. The lowest BCUT2D eigenvalue weighted by atomic mass is 10.2. The van der Waals surface area contributed by atoms with E-state index in [2.05, 4.69) is 20.9 Å². The minimum Gasteiger partial charge on any atom is -0.465 e. The number of nitrogens with zero attached hydrogens (tertiary/aromatic N) is 1. The number of aromatic nitrogens is 1. The molecule has 0 amide bonds. The smallest absolute Gasteiger partial charge is 0.146 e. The Morgan fingerprint density at radius 3 is 2.89 bits per heavy atom. The van der Waals surface area contributed by atoms with E-state index in [4.69, 9.17) is 4.42 Å². The van der Waals surface area contributed by atoms with Crippen molar-refractivity contribution in [1.29, 1.82) is 0 Å². The van der Waals surface area contributed by atoms with Crippen LogP contribution in [0.25, 0.3) is 10.2 Å². The Labute approximate surface area is 116 Å². The van der Waals surface area contributed by atoms with Gasteiger partial charge < -0.3 is 9.52 Å². The molecule has 3 nitrogen and oxygen atoms in total. The Hall–Kier alpha value is -1.17. The van der Waals surface area contributed by atoms with Gasteiger partial charge in [-0.25, -0.2) is 4.98 Å². The van der Waals surface area contributed by atoms with Crippen LogP contribution in [0.5, 0.6) is 0 Å². The van der Waals surface area contributed by atoms with Gasteiger partial charge in [0.15, 0.2) is 0 Å². The van der Waals surface area contributed by atoms with Crippen molar-refractivity contribution in [3.8, 4) is 0 Å². The molecule has 3 aromatic rings. The van der Waals surface area contributed by atoms with Crippen LogP contribution in [0.1, 0.15) is 16.9 Å². The van der Waals surface area contributed by atoms with Crippen LogP contribution in [-0.2, 0) is 6.42 Å². The molecule has 5 heteroatoms. The lowest BCUT2D eigenvalue weighted by Gasteiger charge is -2.05. The number of rotatable bonds is 3. The number of halogens is 1. The molecule has 3 rings (SSSR count). The summed E-state index contributed by atoms with van der Waals surface area (Å²) in [5.41, 5.74) is 0.975. The summed E-state index contributed by atoms with van der Waals surface area (Å²) in [6.07, 6.45) is 1.35. The molecule has 1 atom stereocenters. The molecule has 0 spiro atoms. The van der Waals surface area contributed by atoms with Gasteiger partial charge in [0, 0.05) is 6.42 Å². The van der Waals surface area contributed by atoms with E-state index in [9.17, 15) is 5.11 Å². The maximum atomic E-state index is 10.1. The molecular formula is C13H10BrNO2S. The van der Waals surface area contributed by atoms with Crippen molar-refractivity contribution in [3.05, 3.63) is 51.8 Å². The van der Waals surface area contributed by atoms with Crippen LogP contribution in [0, 0.1) is 0 Å². The number of hydrogen-bond donors (Lipinski definition) is 1. The molecule has 0 aliphatic heterocycles. The molecule has 2 heterocycles. The number of aliphatic hydroxyl groups is 1. The summed E-state index contributed by atoms with van der Waals surface area (Å²) in [5, 5.41) is 11.0. The minimum atomic E-state index is -0.671. The fourth-order valence-electron chi connectivity index (χ4n) is 1.81. The van der Waals surface area contributed by atoms with Crippen molar-refractivity contribution < 1.29 is 9.52 Å². The Morgan fingerprint density at radius 2 is 2.17 bits per heavy atom. The second-order valence-corrected chi connectivity index (χ2v) is 5.90. The highest BCUT2D eigenvalue weighted by Crippen LogP contribution is 2.29. The van der Waals surface area contributed by atoms with Crippen molar-refractivity contribution in [3.63, 3.8) is 0 Å². The van der Waals surface area contributed by atoms with Crippen LogP contribution in [0.2, 0.25) is 0 Å². The maximum absolute atomic E-state index is 10.1. The second-order valence-electron chi connectivity index (χ2n) is 3.93. The van der Waals surface area contributed by atoms with Gasteiger partial charge in [-0.05, 0) is 34.1 Å². The average molecular weight is 324 g/mol. The Morgan fingerprint density at radius 1 is 1.33 bits per heavy atom. The third-order valence-corrected chi connectivity index (χ3v) is 4.37. The van der Waals surface area contributed by atoms with Gasteiger partial charge >= 0.3 is 0 Å². The normalized spacial score (nSPS) is 13.0. The minimum absolute atomic E-state index is 0.464. The standard InChI is InChI=1S/C13H10BrNO2S/c14-8-5-6-17-13(8)10(16)7-12-15-9-3-1-2-4-11(9)18-12/h1-6,10,16H,7H2. The third kappa shape index (κ3) is 2.21. The van der Waals surface area contributed by atoms with Crippen LogP contribution in [-0.4, -0.2) is 10.1 Å². The highest BCUT2D eigenvalue weighted by molar-refractivity contribution is 9.10. The van der Waals surface area contributed by atoms with Gasteiger partial charge in [0.2, 0.25) is 0 Å². The first-order valence-electron chi connectivity index (χ1n) is 5.49. The predicted octanol–water partition coefficient (Wildman–Crippen LogP) is 3.93. The van der Waals surface area contributed by atoms with E-state index < -0.39 is 6.10 Å². The number of aliphatic hydroxyl groups excluding tert-OH is 1. The number of fused-ring (bicyclic) bond motifs is 1. The van der Waals surface area contributed by atoms with E-state index in [1.54, 1.807) is 23.7 Å². The fourth-order valence-corrected chi connectivity index (χ4v) is 3.28. The molecule has 0 aliphatic rings. The van der Waals surface area contributed by atoms with Gasteiger partial charge in [0.1, 0.15) is 11.9 Å². The van der Waals surface area contributed by atoms with Crippen molar-refractivity contribution in [2.45, 2.75) is 12.5 Å². The zero-order chi connectivity index (χ0) is 12.5. The largest absolute Gasteiger partial charge is 0.465 e. The van der Waals surface area contributed by atoms with E-state index >= 15 is 0 Å². The summed E-state index contributed by atoms with van der Waals surface area (Å²) in [4.78, 5) is 4.49. The van der Waals surface area contributed by atoms with Gasteiger partial charge in [0.05, 0.1) is 26.0 Å². The van der Waals surface area contributed by atoms with Crippen LogP contribution < -0.4 is 0 Å². The van der Waals surface area contributed by atoms with Gasteiger partial charge in [-0.15, -0.1) is 11.3 Å². The first kappa shape index (κ1) is 11.9. The average Bonchev–Trinajstić information content (AvgIpc) is 2.94. The zero-order valence-corrected chi connectivity index (χ0v) is 11.7. The summed E-state index contributed by atoms with van der Waals surface area (Å²) < 4.78 is 7.18. The monoisotopic (exact) mass is 323 g/mol. The molecular weight excluding hydrogens is 314 g/mol. The van der Waals surface area contributed by atoms with Crippen molar-refractivity contribution in [2.24, 2.45) is 0 Å². The lowest BCUT2D eigenvalue weighted by molar-refractivity contribution is 0.149. The Kier molecular flexibility index (Phi) is 3.20. The predicted molar refractivity (Wildman–Crippen MR) is 74.7 cm³/mol. The lowest BCUT2D eigenvalue weighted by Crippen LogP contribution is -2.00. The molecule has 1 N–H and O–H groups in total. The van der Waals surface area contributed by atoms with E-state index in [0.29, 0.717) is 12.2 Å². The Bertz CT molecular complexity index is 643. The van der Waals surface area contributed by atoms with Crippen LogP contribution >= 0.6 is 27.3 Å². The van der Waals surface area contributed by atoms with Crippen LogP contribution in [0.3, 0.4) is 0 Å². The van der Waals surface area contributed by atoms with E-state index in [1.807, 2.05) is 24.3 Å². The zero-order valence-electron chi connectivity index (χ0n) is 9.34. The Balaban J connectivity index is 1.86. The molecule has 0 saturated heterocycles. The topological polar surface area (TPSA) is 46.3 Å². The summed E-state index contributed by atoms with van der Waals surface area (Å²) in [6, 6.07) is 9.74. The molecule has 2 aromatic heterocycles. The SMILES string of the molecule is OC(Cc1nc2ccccc2s1)c1occc1Br. The van der Waals surface area contributed by atoms with Gasteiger partial charge in [-0.1, -0.05) is 12.1 Å². The second kappa shape index (κ2) is 4.84. The molecule has 1 aromatic carbocycles. The van der Waals surface area contributed by atoms with Gasteiger partial charge in [-0.2, -0.15) is 0 Å². The maximum Gasteiger partial charge on any atom is 0.146 e. The summed E-state index contributed by atoms with van der Waals surface area (Å²) in [5.74, 6) is 0.550. The van der Waals surface area contributed by atoms with E-state index in [1.165, 1.54) is 0 Å². The highest BCUT2D eigenvalue weighted by atomic mass is 79.9. The molecule has 1 unspecified atom stereocenters. The van der Waals surface area contributed by atoms with Crippen molar-refractivity contribution in [1.82, 2.24) is 4.98 Å². The van der Waals surface area contributed by atoms with Gasteiger partial charge in [-0.3, -0.25) is 0 Å². The first-order chi connectivity index (χ1) is 8.74. The molecule has 92 valence electrons. The third-order valence-electron chi connectivity index (χ3n) is 2.65. The van der Waals surface area contributed by atoms with Crippen LogP contribution in [0.15, 0.2) is 45.5 Å². The van der Waals surface area contributed by atoms with E-state index in [-0.39, 0.29) is 0 Å². The molecule has 0 aliphatic carbocycles. The number of benzene rings is 1. The quantitative estimate of drug-likeness (QED) is 0.794. The van der Waals surface area contributed by atoms with Gasteiger partial charge in [0.25, 0.3) is 0 Å². The fraction of sp³-hybridized carbons (Fsp3) is 0.154. The molecule has 18 heavy (non-hydrogen) atoms. The van der Waals surface area contributed by atoms with E-state index in [0.717, 1.165) is 19.7 Å². The molecule has 0 radical (unpaired) electrons. The van der Waals surface area contributed by atoms with Crippen molar-refractivity contribution >= 4 is 37.5 Å². The summed E-state index contributed by atoms with van der Waals surface area (Å²) in [7, 11) is 0. The summed E-state index contributed by atoms with van der Waals surface area (Å²) in [6.45, 7) is 0.